The molecule has 0 aliphatic carbocycles. The van der Waals surface area contributed by atoms with Crippen LogP contribution in [0.3, 0.4) is 0 Å². The molecule has 1 saturated heterocycles. The Hall–Kier alpha value is 0.0500. The molecule has 1 nitrogen and oxygen atoms in total. The predicted molar refractivity (Wildman–Crippen MR) is 48.5 cm³/mol. The van der Waals surface area contributed by atoms with E-state index >= 15 is 0 Å². The van der Waals surface area contributed by atoms with Gasteiger partial charge < -0.3 is 5.32 Å². The molecule has 0 amide bonds. The number of thioether (sulfide) groups is 1. The minimum atomic E-state index is 0.779. The van der Waals surface area contributed by atoms with E-state index in [0.717, 1.165) is 12.6 Å². The molecule has 58 valence electrons. The van der Waals surface area contributed by atoms with Gasteiger partial charge in [0.05, 0.1) is 0 Å². The van der Waals surface area contributed by atoms with Crippen molar-refractivity contribution in [3.63, 3.8) is 0 Å². The highest BCUT2D eigenvalue weighted by atomic mass is 32.2. The molecule has 0 aromatic rings. The molecule has 1 N–H and O–H groups in total. The first kappa shape index (κ1) is 8.15. The molecular weight excluding hydrogens is 142 g/mol. The summed E-state index contributed by atoms with van der Waals surface area (Å²) < 4.78 is 0. The fourth-order valence-corrected chi connectivity index (χ4v) is 2.23. The molecule has 0 aromatic heterocycles. The summed E-state index contributed by atoms with van der Waals surface area (Å²) in [6, 6.07) is 0.779. The Kier molecular flexibility index (Phi) is 3.91. The highest BCUT2D eigenvalue weighted by molar-refractivity contribution is 7.99. The maximum atomic E-state index is 3.47. The van der Waals surface area contributed by atoms with Crippen molar-refractivity contribution in [1.82, 2.24) is 5.32 Å². The summed E-state index contributed by atoms with van der Waals surface area (Å²) in [7, 11) is 0. The van der Waals surface area contributed by atoms with E-state index < -0.39 is 0 Å². The molecule has 1 rings (SSSR count). The molecular formula is C8H15NS. The van der Waals surface area contributed by atoms with Crippen molar-refractivity contribution >= 4 is 11.8 Å². The Morgan fingerprint density at radius 3 is 3.20 bits per heavy atom. The van der Waals surface area contributed by atoms with Crippen LogP contribution in [0.1, 0.15) is 13.3 Å². The highest BCUT2D eigenvalue weighted by Crippen LogP contribution is 2.16. The van der Waals surface area contributed by atoms with Crippen molar-refractivity contribution in [2.45, 2.75) is 19.4 Å². The van der Waals surface area contributed by atoms with E-state index in [0.29, 0.717) is 0 Å². The molecule has 0 saturated carbocycles. The molecule has 0 radical (unpaired) electrons. The molecule has 0 aromatic carbocycles. The van der Waals surface area contributed by atoms with Gasteiger partial charge in [0.25, 0.3) is 0 Å². The van der Waals surface area contributed by atoms with Gasteiger partial charge in [-0.1, -0.05) is 12.2 Å². The summed E-state index contributed by atoms with van der Waals surface area (Å²) >= 11 is 2.05. The van der Waals surface area contributed by atoms with Crippen molar-refractivity contribution in [3.05, 3.63) is 12.2 Å². The number of nitrogens with one attached hydrogen (secondary N) is 1. The van der Waals surface area contributed by atoms with Crippen LogP contribution < -0.4 is 5.32 Å². The Bertz CT molecular complexity index is 106. The molecule has 1 aliphatic rings. The number of hydrogen-bond donors (Lipinski definition) is 1. The van der Waals surface area contributed by atoms with Gasteiger partial charge in [-0.05, 0) is 19.1 Å². The van der Waals surface area contributed by atoms with E-state index in [1.165, 1.54) is 17.9 Å². The van der Waals surface area contributed by atoms with Crippen LogP contribution in [0.25, 0.3) is 0 Å². The van der Waals surface area contributed by atoms with Crippen molar-refractivity contribution in [2.75, 3.05) is 18.1 Å². The number of allylic oxidation sites excluding steroid dienone is 1. The van der Waals surface area contributed by atoms with Crippen molar-refractivity contribution in [2.24, 2.45) is 0 Å². The summed E-state index contributed by atoms with van der Waals surface area (Å²) in [6.07, 6.45) is 5.61. The van der Waals surface area contributed by atoms with Crippen molar-refractivity contribution in [1.29, 1.82) is 0 Å². The fourth-order valence-electron chi connectivity index (χ4n) is 1.05. The second-order valence-corrected chi connectivity index (χ2v) is 3.69. The summed E-state index contributed by atoms with van der Waals surface area (Å²) in [5, 5.41) is 3.47. The van der Waals surface area contributed by atoms with E-state index in [2.05, 4.69) is 36.2 Å². The normalized spacial score (nSPS) is 26.3. The topological polar surface area (TPSA) is 12.0 Å². The first-order valence-electron chi connectivity index (χ1n) is 3.86. The van der Waals surface area contributed by atoms with Gasteiger partial charge >= 0.3 is 0 Å². The van der Waals surface area contributed by atoms with Crippen molar-refractivity contribution in [3.8, 4) is 0 Å². The van der Waals surface area contributed by atoms with Gasteiger partial charge in [0.2, 0.25) is 0 Å². The van der Waals surface area contributed by atoms with Crippen LogP contribution in [-0.4, -0.2) is 24.1 Å². The van der Waals surface area contributed by atoms with Gasteiger partial charge in [-0.3, -0.25) is 0 Å². The Morgan fingerprint density at radius 2 is 2.60 bits per heavy atom. The fraction of sp³-hybridized carbons (Fsp3) is 0.750. The zero-order chi connectivity index (χ0) is 7.23. The van der Waals surface area contributed by atoms with Crippen LogP contribution in [0.15, 0.2) is 12.2 Å². The van der Waals surface area contributed by atoms with Gasteiger partial charge in [0.1, 0.15) is 0 Å². The number of hydrogen-bond acceptors (Lipinski definition) is 2. The van der Waals surface area contributed by atoms with E-state index in [-0.39, 0.29) is 0 Å². The molecule has 10 heavy (non-hydrogen) atoms. The molecule has 1 unspecified atom stereocenters. The monoisotopic (exact) mass is 157 g/mol. The lowest BCUT2D eigenvalue weighted by Crippen LogP contribution is -2.28. The molecule has 2 heteroatoms. The molecule has 1 fully saturated rings. The summed E-state index contributed by atoms with van der Waals surface area (Å²) in [5.74, 6) is 2.64. The van der Waals surface area contributed by atoms with Gasteiger partial charge in [0.15, 0.2) is 0 Å². The maximum Gasteiger partial charge on any atom is 0.0169 e. The zero-order valence-corrected chi connectivity index (χ0v) is 7.29. The predicted octanol–water partition coefficient (Wildman–Crippen LogP) is 1.66. The molecule has 0 spiro atoms. The minimum absolute atomic E-state index is 0.779. The second kappa shape index (κ2) is 4.80. The van der Waals surface area contributed by atoms with E-state index in [4.69, 9.17) is 0 Å². The first-order valence-corrected chi connectivity index (χ1v) is 5.01. The van der Waals surface area contributed by atoms with Gasteiger partial charge in [-0.2, -0.15) is 11.8 Å². The summed E-state index contributed by atoms with van der Waals surface area (Å²) in [4.78, 5) is 0. The van der Waals surface area contributed by atoms with Crippen LogP contribution >= 0.6 is 11.8 Å². The van der Waals surface area contributed by atoms with E-state index in [1.807, 2.05) is 0 Å². The van der Waals surface area contributed by atoms with Gasteiger partial charge in [-0.25, -0.2) is 0 Å². The van der Waals surface area contributed by atoms with Crippen LogP contribution in [0.4, 0.5) is 0 Å². The zero-order valence-electron chi connectivity index (χ0n) is 6.47. The van der Waals surface area contributed by atoms with Crippen LogP contribution in [0, 0.1) is 0 Å². The molecule has 1 aliphatic heterocycles. The lowest BCUT2D eigenvalue weighted by atomic mass is 10.2. The maximum absolute atomic E-state index is 3.47. The Labute approximate surface area is 67.3 Å². The van der Waals surface area contributed by atoms with Gasteiger partial charge in [-0.15, -0.1) is 0 Å². The quantitative estimate of drug-likeness (QED) is 0.625. The minimum Gasteiger partial charge on any atom is -0.310 e. The third kappa shape index (κ3) is 2.76. The molecule has 0 bridgehead atoms. The van der Waals surface area contributed by atoms with Crippen molar-refractivity contribution < 1.29 is 0 Å². The molecule has 1 heterocycles. The smallest absolute Gasteiger partial charge is 0.0169 e. The number of rotatable bonds is 3. The van der Waals surface area contributed by atoms with Crippen LogP contribution in [-0.2, 0) is 0 Å². The average Bonchev–Trinajstić information content (AvgIpc) is 2.41. The Morgan fingerprint density at radius 1 is 1.70 bits per heavy atom. The Balaban J connectivity index is 2.01. The second-order valence-electron chi connectivity index (χ2n) is 2.54. The molecule has 1 atom stereocenters. The summed E-state index contributed by atoms with van der Waals surface area (Å²) in [5.41, 5.74) is 0. The third-order valence-corrected chi connectivity index (χ3v) is 2.85. The third-order valence-electron chi connectivity index (χ3n) is 1.69. The van der Waals surface area contributed by atoms with E-state index in [1.54, 1.807) is 0 Å². The standard InChI is InChI=1S/C8H15NS/c1-2-3-5-9-8-4-6-10-7-8/h2-3,8-9H,4-7H2,1H3/b3-2+. The lowest BCUT2D eigenvalue weighted by molar-refractivity contribution is 0.595. The average molecular weight is 157 g/mol. The van der Waals surface area contributed by atoms with Gasteiger partial charge in [0, 0.05) is 18.3 Å². The largest absolute Gasteiger partial charge is 0.310 e. The van der Waals surface area contributed by atoms with Crippen LogP contribution in [0.5, 0.6) is 0 Å². The highest BCUT2D eigenvalue weighted by Gasteiger charge is 2.12. The van der Waals surface area contributed by atoms with E-state index in [9.17, 15) is 0 Å². The first-order chi connectivity index (χ1) is 4.93. The van der Waals surface area contributed by atoms with Crippen LogP contribution in [0.2, 0.25) is 0 Å². The lowest BCUT2D eigenvalue weighted by Gasteiger charge is -2.07. The SMILES string of the molecule is C/C=C/CNC1CCSC1. The summed E-state index contributed by atoms with van der Waals surface area (Å²) in [6.45, 7) is 3.10.